The summed E-state index contributed by atoms with van der Waals surface area (Å²) in [7, 11) is -4.40. The first-order valence-corrected chi connectivity index (χ1v) is 14.7. The lowest BCUT2D eigenvalue weighted by Crippen LogP contribution is -2.51. The summed E-state index contributed by atoms with van der Waals surface area (Å²) in [6, 6.07) is 0. The number of aliphatic hydroxyl groups is 1. The highest BCUT2D eigenvalue weighted by atomic mass is 32.3. The van der Waals surface area contributed by atoms with Crippen molar-refractivity contribution in [2.45, 2.75) is 111 Å². The van der Waals surface area contributed by atoms with E-state index in [1.165, 1.54) is 31.3 Å². The lowest BCUT2D eigenvalue weighted by Gasteiger charge is -2.58. The third kappa shape index (κ3) is 4.83. The van der Waals surface area contributed by atoms with Gasteiger partial charge in [-0.05, 0) is 111 Å². The first-order chi connectivity index (χ1) is 15.3. The number of fused-ring (bicyclic) bond motifs is 5. The van der Waals surface area contributed by atoms with E-state index in [2.05, 4.69) is 40.7 Å². The molecule has 0 aromatic heterocycles. The summed E-state index contributed by atoms with van der Waals surface area (Å²) in [5.74, 6) is 3.89. The summed E-state index contributed by atoms with van der Waals surface area (Å²) in [6.45, 7) is 11.6. The van der Waals surface area contributed by atoms with Gasteiger partial charge in [0.2, 0.25) is 0 Å². The predicted octanol–water partition coefficient (Wildman–Crippen LogP) is 6.19. The van der Waals surface area contributed by atoms with Gasteiger partial charge in [0.1, 0.15) is 0 Å². The number of rotatable bonds is 7. The molecule has 0 heterocycles. The van der Waals surface area contributed by atoms with Crippen LogP contribution in [0.4, 0.5) is 0 Å². The van der Waals surface area contributed by atoms with Crippen molar-refractivity contribution >= 4 is 10.4 Å². The molecule has 2 N–H and O–H groups in total. The largest absolute Gasteiger partial charge is 0.397 e. The summed E-state index contributed by atoms with van der Waals surface area (Å²) in [5, 5.41) is 10.3. The van der Waals surface area contributed by atoms with Crippen LogP contribution in [0.2, 0.25) is 0 Å². The Kier molecular flexibility index (Phi) is 7.17. The average molecular weight is 483 g/mol. The number of hydrogen-bond donors (Lipinski definition) is 2. The molecule has 0 aromatic rings. The Morgan fingerprint density at radius 3 is 2.45 bits per heavy atom. The maximum Gasteiger partial charge on any atom is 0.397 e. The van der Waals surface area contributed by atoms with Crippen LogP contribution in [0.5, 0.6) is 0 Å². The molecule has 0 saturated heterocycles. The Morgan fingerprint density at radius 2 is 1.79 bits per heavy atom. The van der Waals surface area contributed by atoms with E-state index in [4.69, 9.17) is 8.74 Å². The van der Waals surface area contributed by atoms with E-state index in [0.717, 1.165) is 43.4 Å². The van der Waals surface area contributed by atoms with Gasteiger partial charge in [-0.1, -0.05) is 46.3 Å². The Morgan fingerprint density at radius 1 is 1.06 bits per heavy atom. The molecule has 9 atom stereocenters. The molecule has 2 unspecified atom stereocenters. The highest BCUT2D eigenvalue weighted by Crippen LogP contribution is 2.67. The van der Waals surface area contributed by atoms with E-state index in [-0.39, 0.29) is 11.5 Å². The molecular weight excluding hydrogens is 436 g/mol. The lowest BCUT2D eigenvalue weighted by atomic mass is 9.47. The summed E-state index contributed by atoms with van der Waals surface area (Å²) in [5.41, 5.74) is 1.89. The third-order valence-electron chi connectivity index (χ3n) is 10.8. The minimum absolute atomic E-state index is 0.133. The van der Waals surface area contributed by atoms with Crippen LogP contribution in [0.15, 0.2) is 11.6 Å². The fourth-order valence-corrected chi connectivity index (χ4v) is 9.33. The van der Waals surface area contributed by atoms with Crippen molar-refractivity contribution in [3.63, 3.8) is 0 Å². The molecule has 0 aliphatic heterocycles. The van der Waals surface area contributed by atoms with Crippen LogP contribution >= 0.6 is 0 Å². The third-order valence-corrected chi connectivity index (χ3v) is 11.3. The number of hydrogen-bond acceptors (Lipinski definition) is 4. The average Bonchev–Trinajstić information content (AvgIpc) is 3.08. The van der Waals surface area contributed by atoms with Gasteiger partial charge in [0, 0.05) is 0 Å². The SMILES string of the molecule is CC(C)C(O)CC[C@@H](C)[C@H]1CC[C@H]2[C@@H]3CC=C4CC(OS(=O)(=O)O)CC[C@]4(C)[C@H]3CC[C@]12C. The zero-order valence-corrected chi connectivity index (χ0v) is 22.1. The van der Waals surface area contributed by atoms with Crippen LogP contribution in [0.1, 0.15) is 98.8 Å². The van der Waals surface area contributed by atoms with Gasteiger partial charge in [0.15, 0.2) is 0 Å². The van der Waals surface area contributed by atoms with Crippen molar-refractivity contribution in [1.29, 1.82) is 0 Å². The number of allylic oxidation sites excluding steroid dienone is 1. The summed E-state index contributed by atoms with van der Waals surface area (Å²) in [6.07, 6.45) is 12.4. The second-order valence-corrected chi connectivity index (χ2v) is 13.8. The van der Waals surface area contributed by atoms with Crippen LogP contribution in [-0.2, 0) is 14.6 Å². The Hall–Kier alpha value is -0.430. The predicted molar refractivity (Wildman–Crippen MR) is 131 cm³/mol. The molecule has 0 spiro atoms. The first kappa shape index (κ1) is 25.7. The van der Waals surface area contributed by atoms with Gasteiger partial charge in [0.05, 0.1) is 12.2 Å². The minimum atomic E-state index is -4.40. The molecule has 4 rings (SSSR count). The van der Waals surface area contributed by atoms with Gasteiger partial charge < -0.3 is 5.11 Å². The molecular formula is C27H46O5S. The van der Waals surface area contributed by atoms with E-state index < -0.39 is 16.5 Å². The molecule has 3 saturated carbocycles. The second kappa shape index (κ2) is 9.22. The molecule has 3 fully saturated rings. The molecule has 0 bridgehead atoms. The Bertz CT molecular complexity index is 851. The van der Waals surface area contributed by atoms with Crippen LogP contribution in [0.25, 0.3) is 0 Å². The summed E-state index contributed by atoms with van der Waals surface area (Å²) >= 11 is 0. The van der Waals surface area contributed by atoms with Crippen LogP contribution < -0.4 is 0 Å². The van der Waals surface area contributed by atoms with Gasteiger partial charge >= 0.3 is 10.4 Å². The molecule has 4 aliphatic carbocycles. The standard InChI is InChI=1S/C27H46O5S/c1-17(2)25(28)11-6-18(3)22-9-10-23-21-8-7-19-16-20(32-33(29,30)31)12-14-26(19,4)24(21)13-15-27(22,23)5/h7,17-18,20-25,28H,6,8-16H2,1-5H3,(H,29,30,31)/t18-,20?,21+,22-,23+,24+,25?,26+,27-/m1/s1. The monoisotopic (exact) mass is 482 g/mol. The van der Waals surface area contributed by atoms with Crippen molar-refractivity contribution < 1.29 is 22.3 Å². The van der Waals surface area contributed by atoms with E-state index in [9.17, 15) is 13.5 Å². The Labute approximate surface area is 201 Å². The van der Waals surface area contributed by atoms with Gasteiger partial charge in [-0.25, -0.2) is 4.18 Å². The summed E-state index contributed by atoms with van der Waals surface area (Å²) in [4.78, 5) is 0. The molecule has 0 radical (unpaired) electrons. The molecule has 0 amide bonds. The fraction of sp³-hybridized carbons (Fsp3) is 0.926. The van der Waals surface area contributed by atoms with Crippen LogP contribution in [0.3, 0.4) is 0 Å². The molecule has 4 aliphatic rings. The maximum atomic E-state index is 11.2. The molecule has 6 heteroatoms. The van der Waals surface area contributed by atoms with Crippen molar-refractivity contribution in [2.24, 2.45) is 46.3 Å². The van der Waals surface area contributed by atoms with E-state index in [1.54, 1.807) is 0 Å². The van der Waals surface area contributed by atoms with Crippen molar-refractivity contribution in [1.82, 2.24) is 0 Å². The molecule has 190 valence electrons. The van der Waals surface area contributed by atoms with Crippen molar-refractivity contribution in [2.75, 3.05) is 0 Å². The number of aliphatic hydroxyl groups excluding tert-OH is 1. The van der Waals surface area contributed by atoms with Gasteiger partial charge in [-0.3, -0.25) is 4.55 Å². The van der Waals surface area contributed by atoms with Crippen LogP contribution in [0, 0.1) is 46.3 Å². The molecule has 5 nitrogen and oxygen atoms in total. The molecule has 0 aromatic carbocycles. The fourth-order valence-electron chi connectivity index (χ4n) is 8.83. The van der Waals surface area contributed by atoms with Gasteiger partial charge in [-0.15, -0.1) is 0 Å². The minimum Gasteiger partial charge on any atom is -0.393 e. The van der Waals surface area contributed by atoms with E-state index in [1.807, 2.05) is 0 Å². The quantitative estimate of drug-likeness (QED) is 0.334. The molecule has 33 heavy (non-hydrogen) atoms. The Balaban J connectivity index is 1.47. The summed E-state index contributed by atoms with van der Waals surface area (Å²) < 4.78 is 36.5. The van der Waals surface area contributed by atoms with Crippen molar-refractivity contribution in [3.8, 4) is 0 Å². The first-order valence-electron chi connectivity index (χ1n) is 13.4. The van der Waals surface area contributed by atoms with E-state index in [0.29, 0.717) is 36.0 Å². The smallest absolute Gasteiger partial charge is 0.393 e. The topological polar surface area (TPSA) is 83.8 Å². The zero-order valence-electron chi connectivity index (χ0n) is 21.3. The van der Waals surface area contributed by atoms with Crippen LogP contribution in [-0.4, -0.2) is 30.3 Å². The van der Waals surface area contributed by atoms with E-state index >= 15 is 0 Å². The second-order valence-electron chi connectivity index (χ2n) is 12.7. The highest BCUT2D eigenvalue weighted by molar-refractivity contribution is 7.80. The lowest BCUT2D eigenvalue weighted by molar-refractivity contribution is -0.0567. The zero-order chi connectivity index (χ0) is 24.2. The maximum absolute atomic E-state index is 11.2. The normalized spacial score (nSPS) is 42.8. The van der Waals surface area contributed by atoms with Crippen molar-refractivity contribution in [3.05, 3.63) is 11.6 Å². The van der Waals surface area contributed by atoms with Gasteiger partial charge in [-0.2, -0.15) is 8.42 Å². The highest BCUT2D eigenvalue weighted by Gasteiger charge is 2.59. The van der Waals surface area contributed by atoms with Gasteiger partial charge in [0.25, 0.3) is 0 Å².